The van der Waals surface area contributed by atoms with Gasteiger partial charge in [-0.15, -0.1) is 0 Å². The predicted octanol–water partition coefficient (Wildman–Crippen LogP) is 0.937. The molecule has 3 heterocycles. The number of rotatable bonds is 2. The Hall–Kier alpha value is -1.96. The van der Waals surface area contributed by atoms with Crippen molar-refractivity contribution in [3.8, 4) is 0 Å². The summed E-state index contributed by atoms with van der Waals surface area (Å²) in [5.74, 6) is 0.403. The van der Waals surface area contributed by atoms with Gasteiger partial charge in [0.1, 0.15) is 6.20 Å². The largest absolute Gasteiger partial charge is 0.408 e. The second-order valence-corrected chi connectivity index (χ2v) is 5.01. The van der Waals surface area contributed by atoms with Crippen molar-refractivity contribution in [3.63, 3.8) is 0 Å². The van der Waals surface area contributed by atoms with E-state index < -0.39 is 0 Å². The number of aryl methyl sites for hydroxylation is 1. The molecule has 0 atom stereocenters. The summed E-state index contributed by atoms with van der Waals surface area (Å²) in [5.41, 5.74) is 6.00. The number of thiazole rings is 1. The molecule has 2 aromatic heterocycles. The lowest BCUT2D eigenvalue weighted by atomic mass is 10.4. The van der Waals surface area contributed by atoms with Gasteiger partial charge < -0.3 is 5.73 Å². The maximum Gasteiger partial charge on any atom is 0.408 e. The molecule has 0 aromatic carbocycles. The van der Waals surface area contributed by atoms with Crippen LogP contribution in [-0.4, -0.2) is 9.36 Å². The fourth-order valence-electron chi connectivity index (χ4n) is 2.04. The molecule has 94 valence electrons. The van der Waals surface area contributed by atoms with Crippen molar-refractivity contribution in [3.05, 3.63) is 21.9 Å². The molecule has 0 unspecified atom stereocenters. The zero-order valence-corrected chi connectivity index (χ0v) is 10.7. The Bertz CT molecular complexity index is 679. The number of azo groups is 1. The molecule has 18 heavy (non-hydrogen) atoms. The average Bonchev–Trinajstić information content (AvgIpc) is 3.01. The van der Waals surface area contributed by atoms with E-state index in [-0.39, 0.29) is 11.2 Å². The topological polar surface area (TPSA) is 81.5 Å². The molecule has 1 aliphatic heterocycles. The van der Waals surface area contributed by atoms with E-state index >= 15 is 0 Å². The second kappa shape index (κ2) is 4.05. The number of hydrogen-bond acceptors (Lipinski definition) is 5. The Morgan fingerprint density at radius 3 is 2.83 bits per heavy atom. The summed E-state index contributed by atoms with van der Waals surface area (Å²) in [6.07, 6.45) is 2.83. The van der Waals surface area contributed by atoms with E-state index in [1.165, 1.54) is 11.3 Å². The summed E-state index contributed by atoms with van der Waals surface area (Å²) in [7, 11) is 1.88. The van der Waals surface area contributed by atoms with E-state index in [4.69, 9.17) is 5.73 Å². The summed E-state index contributed by atoms with van der Waals surface area (Å²) in [4.78, 5) is 12.0. The Morgan fingerprint density at radius 2 is 2.17 bits per heavy atom. The van der Waals surface area contributed by atoms with E-state index in [2.05, 4.69) is 10.2 Å². The summed E-state index contributed by atoms with van der Waals surface area (Å²) >= 11 is 1.46. The van der Waals surface area contributed by atoms with Crippen LogP contribution in [-0.2, 0) is 20.1 Å². The number of nitrogen functional groups attached to an aromatic ring is 1. The van der Waals surface area contributed by atoms with Crippen LogP contribution in [0, 0.1) is 0 Å². The average molecular weight is 265 g/mol. The first-order chi connectivity index (χ1) is 8.68. The highest BCUT2D eigenvalue weighted by molar-refractivity contribution is 7.12. The first-order valence-electron chi connectivity index (χ1n) is 5.62. The SMILES string of the molecule is C[n+]1ccsc1N=Nc1c(N)n2n(c1=O)CCC2. The first-order valence-corrected chi connectivity index (χ1v) is 6.50. The van der Waals surface area contributed by atoms with Crippen LogP contribution in [0.4, 0.5) is 16.6 Å². The van der Waals surface area contributed by atoms with Crippen molar-refractivity contribution in [1.29, 1.82) is 0 Å². The van der Waals surface area contributed by atoms with Gasteiger partial charge in [-0.3, -0.25) is 9.48 Å². The monoisotopic (exact) mass is 265 g/mol. The highest BCUT2D eigenvalue weighted by atomic mass is 32.1. The minimum Gasteiger partial charge on any atom is -0.382 e. The number of aromatic nitrogens is 3. The zero-order valence-electron chi connectivity index (χ0n) is 9.91. The zero-order chi connectivity index (χ0) is 12.7. The number of nitrogens with zero attached hydrogens (tertiary/aromatic N) is 5. The van der Waals surface area contributed by atoms with Crippen LogP contribution in [0.1, 0.15) is 6.42 Å². The molecule has 0 radical (unpaired) electrons. The Morgan fingerprint density at radius 1 is 1.39 bits per heavy atom. The van der Waals surface area contributed by atoms with Gasteiger partial charge in [-0.2, -0.15) is 0 Å². The van der Waals surface area contributed by atoms with Crippen LogP contribution < -0.4 is 15.9 Å². The van der Waals surface area contributed by atoms with Gasteiger partial charge in [0, 0.05) is 18.5 Å². The Kier molecular flexibility index (Phi) is 2.51. The first kappa shape index (κ1) is 11.1. The fourth-order valence-corrected chi connectivity index (χ4v) is 2.72. The van der Waals surface area contributed by atoms with Gasteiger partial charge in [-0.05, 0) is 22.9 Å². The van der Waals surface area contributed by atoms with E-state index in [9.17, 15) is 4.79 Å². The molecule has 0 spiro atoms. The molecule has 2 aromatic rings. The van der Waals surface area contributed by atoms with Crippen molar-refractivity contribution in [2.75, 3.05) is 5.73 Å². The molecule has 0 bridgehead atoms. The van der Waals surface area contributed by atoms with Gasteiger partial charge in [-0.1, -0.05) is 0 Å². The standard InChI is InChI=1S/C10H12N6OS/c1-14-5-6-18-10(14)13-12-7-8(11)15-3-2-4-16(15)9(7)17/h5-6,11H,2-4H2,1H3/p+1. The lowest BCUT2D eigenvalue weighted by molar-refractivity contribution is -0.654. The van der Waals surface area contributed by atoms with Crippen LogP contribution in [0.5, 0.6) is 0 Å². The smallest absolute Gasteiger partial charge is 0.382 e. The van der Waals surface area contributed by atoms with E-state index in [0.717, 1.165) is 18.1 Å². The van der Waals surface area contributed by atoms with E-state index in [1.54, 1.807) is 9.36 Å². The third kappa shape index (κ3) is 1.57. The minimum atomic E-state index is -0.159. The van der Waals surface area contributed by atoms with Crippen LogP contribution in [0.15, 0.2) is 26.6 Å². The summed E-state index contributed by atoms with van der Waals surface area (Å²) in [6.45, 7) is 1.47. The minimum absolute atomic E-state index is 0.159. The quantitative estimate of drug-likeness (QED) is 0.647. The molecule has 0 saturated carbocycles. The second-order valence-electron chi connectivity index (χ2n) is 4.14. The van der Waals surface area contributed by atoms with Crippen LogP contribution in [0.25, 0.3) is 0 Å². The highest BCUT2D eigenvalue weighted by Gasteiger charge is 2.23. The number of fused-ring (bicyclic) bond motifs is 1. The van der Waals surface area contributed by atoms with Gasteiger partial charge in [0.15, 0.2) is 5.82 Å². The number of anilines is 1. The van der Waals surface area contributed by atoms with Crippen molar-refractivity contribution < 1.29 is 4.57 Å². The van der Waals surface area contributed by atoms with Crippen LogP contribution in [0.3, 0.4) is 0 Å². The number of nitrogens with two attached hydrogens (primary N) is 1. The van der Waals surface area contributed by atoms with Gasteiger partial charge in [0.2, 0.25) is 5.69 Å². The van der Waals surface area contributed by atoms with Gasteiger partial charge in [0.05, 0.1) is 12.2 Å². The molecule has 0 saturated heterocycles. The molecule has 0 fully saturated rings. The molecule has 0 aliphatic carbocycles. The summed E-state index contributed by atoms with van der Waals surface area (Å²) in [6, 6.07) is 0. The highest BCUT2D eigenvalue weighted by Crippen LogP contribution is 2.24. The van der Waals surface area contributed by atoms with Gasteiger partial charge in [0.25, 0.3) is 5.56 Å². The molecule has 7 nitrogen and oxygen atoms in total. The molecule has 2 N–H and O–H groups in total. The molecule has 0 amide bonds. The molecular weight excluding hydrogens is 252 g/mol. The van der Waals surface area contributed by atoms with Crippen LogP contribution >= 0.6 is 11.3 Å². The maximum absolute atomic E-state index is 12.0. The molecular formula is C10H13N6OS+. The summed E-state index contributed by atoms with van der Waals surface area (Å²) < 4.78 is 5.23. The molecule has 8 heteroatoms. The van der Waals surface area contributed by atoms with Crippen molar-refractivity contribution >= 4 is 28.0 Å². The normalized spacial score (nSPS) is 14.5. The molecule has 1 aliphatic rings. The summed E-state index contributed by atoms with van der Waals surface area (Å²) in [5, 5.41) is 10.7. The van der Waals surface area contributed by atoms with Gasteiger partial charge >= 0.3 is 5.13 Å². The van der Waals surface area contributed by atoms with E-state index in [0.29, 0.717) is 12.4 Å². The fraction of sp³-hybridized carbons (Fsp3) is 0.400. The Labute approximate surface area is 107 Å². The van der Waals surface area contributed by atoms with Crippen molar-refractivity contribution in [2.45, 2.75) is 19.5 Å². The van der Waals surface area contributed by atoms with Crippen LogP contribution in [0.2, 0.25) is 0 Å². The Balaban J connectivity index is 2.02. The lowest BCUT2D eigenvalue weighted by Gasteiger charge is -1.98. The third-order valence-corrected chi connectivity index (χ3v) is 3.82. The lowest BCUT2D eigenvalue weighted by Crippen LogP contribution is -2.23. The molecule has 3 rings (SSSR count). The maximum atomic E-state index is 12.0. The van der Waals surface area contributed by atoms with Gasteiger partial charge in [-0.25, -0.2) is 9.25 Å². The number of hydrogen-bond donors (Lipinski definition) is 1. The van der Waals surface area contributed by atoms with Crippen molar-refractivity contribution in [1.82, 2.24) is 9.36 Å². The third-order valence-electron chi connectivity index (χ3n) is 2.98. The predicted molar refractivity (Wildman–Crippen MR) is 67.4 cm³/mol. The van der Waals surface area contributed by atoms with Crippen molar-refractivity contribution in [2.24, 2.45) is 17.3 Å². The van der Waals surface area contributed by atoms with E-state index in [1.807, 2.05) is 23.2 Å².